The number of primary amides is 1. The van der Waals surface area contributed by atoms with Gasteiger partial charge in [-0.3, -0.25) is 24.2 Å². The number of Topliss-reactive ketones (excluding diaryl/α,β-unsaturated/α-hetero) is 2. The molecule has 1 aliphatic heterocycles. The van der Waals surface area contributed by atoms with Crippen molar-refractivity contribution in [2.24, 2.45) is 17.6 Å². The van der Waals surface area contributed by atoms with Crippen molar-refractivity contribution in [3.63, 3.8) is 0 Å². The second kappa shape index (κ2) is 9.04. The Morgan fingerprint density at radius 1 is 1.12 bits per heavy atom. The lowest BCUT2D eigenvalue weighted by molar-refractivity contribution is -0.153. The number of phenolic OH excluding ortho intramolecular Hbond substituents is 1. The lowest BCUT2D eigenvalue weighted by Crippen LogP contribution is -2.65. The average molecular weight is 567 g/mol. The number of phenols is 1. The van der Waals surface area contributed by atoms with E-state index >= 15 is 0 Å². The Balaban J connectivity index is 1.51. The molecule has 11 heteroatoms. The van der Waals surface area contributed by atoms with Gasteiger partial charge in [-0.1, -0.05) is 0 Å². The zero-order chi connectivity index (χ0) is 29.8. The highest BCUT2D eigenvalue weighted by molar-refractivity contribution is 6.24. The molecule has 1 aromatic carbocycles. The van der Waals surface area contributed by atoms with Crippen LogP contribution in [0.4, 0.5) is 5.69 Å². The van der Waals surface area contributed by atoms with E-state index in [2.05, 4.69) is 4.90 Å². The van der Waals surface area contributed by atoms with Crippen LogP contribution < -0.4 is 10.6 Å². The molecule has 1 heterocycles. The summed E-state index contributed by atoms with van der Waals surface area (Å²) in [5, 5.41) is 46.1. The number of carbonyl (C=O) groups excluding carboxylic acids is 3. The first-order valence-corrected chi connectivity index (χ1v) is 14.2. The lowest BCUT2D eigenvalue weighted by atomic mass is 9.57. The molecule has 3 fully saturated rings. The maximum absolute atomic E-state index is 14.1. The fraction of sp³-hybridized carbons (Fsp3) is 0.567. The van der Waals surface area contributed by atoms with Gasteiger partial charge in [-0.25, -0.2) is 0 Å². The Kier molecular flexibility index (Phi) is 6.12. The van der Waals surface area contributed by atoms with Crippen molar-refractivity contribution in [2.75, 3.05) is 39.6 Å². The molecule has 0 bridgehead atoms. The minimum absolute atomic E-state index is 0.0669. The molecule has 220 valence electrons. The highest BCUT2D eigenvalue weighted by atomic mass is 16.3. The zero-order valence-corrected chi connectivity index (χ0v) is 23.9. The molecule has 41 heavy (non-hydrogen) atoms. The van der Waals surface area contributed by atoms with Crippen molar-refractivity contribution in [1.29, 1.82) is 0 Å². The number of aliphatic hydroxyl groups excluding tert-OH is 2. The third-order valence-corrected chi connectivity index (χ3v) is 10.2. The number of fused-ring (bicyclic) bond motifs is 3. The van der Waals surface area contributed by atoms with Gasteiger partial charge in [-0.2, -0.15) is 0 Å². The Labute approximate surface area is 238 Å². The minimum atomic E-state index is -2.64. The van der Waals surface area contributed by atoms with E-state index in [-0.39, 0.29) is 35.3 Å². The number of benzene rings is 1. The van der Waals surface area contributed by atoms with E-state index in [9.17, 15) is 34.8 Å². The summed E-state index contributed by atoms with van der Waals surface area (Å²) in [7, 11) is 6.93. The number of carbonyl (C=O) groups is 3. The molecule has 5 aliphatic rings. The fourth-order valence-corrected chi connectivity index (χ4v) is 8.02. The van der Waals surface area contributed by atoms with Gasteiger partial charge in [0.25, 0.3) is 5.91 Å². The van der Waals surface area contributed by atoms with E-state index < -0.39 is 58.0 Å². The van der Waals surface area contributed by atoms with Gasteiger partial charge in [-0.15, -0.1) is 0 Å². The van der Waals surface area contributed by atoms with Crippen molar-refractivity contribution in [1.82, 2.24) is 9.80 Å². The highest BCUT2D eigenvalue weighted by Crippen LogP contribution is 2.55. The van der Waals surface area contributed by atoms with Crippen molar-refractivity contribution in [3.05, 3.63) is 39.7 Å². The number of hydrogen-bond donors (Lipinski definition) is 5. The van der Waals surface area contributed by atoms with Gasteiger partial charge in [0.15, 0.2) is 11.4 Å². The molecule has 1 amide bonds. The van der Waals surface area contributed by atoms with Crippen LogP contribution in [0.15, 0.2) is 23.0 Å². The molecule has 6 N–H and O–H groups in total. The number of nitrogens with two attached hydrogens (primary N) is 1. The van der Waals surface area contributed by atoms with Crippen LogP contribution in [-0.4, -0.2) is 99.6 Å². The number of likely N-dealkylation sites (N-methyl/N-ethyl adjacent to an activating group) is 1. The van der Waals surface area contributed by atoms with Crippen molar-refractivity contribution < 1.29 is 34.8 Å². The molecule has 1 aromatic rings. The van der Waals surface area contributed by atoms with Gasteiger partial charge in [0, 0.05) is 48.9 Å². The molecule has 11 nitrogen and oxygen atoms in total. The van der Waals surface area contributed by atoms with Gasteiger partial charge in [0.2, 0.25) is 5.78 Å². The van der Waals surface area contributed by atoms with Gasteiger partial charge >= 0.3 is 0 Å². The first kappa shape index (κ1) is 27.7. The van der Waals surface area contributed by atoms with Gasteiger partial charge in [0.05, 0.1) is 11.6 Å². The number of aromatic hydroxyl groups is 1. The molecule has 6 rings (SSSR count). The van der Waals surface area contributed by atoms with E-state index in [0.29, 0.717) is 17.7 Å². The van der Waals surface area contributed by atoms with E-state index in [1.54, 1.807) is 14.1 Å². The summed E-state index contributed by atoms with van der Waals surface area (Å²) in [5.74, 6) is -6.34. The standard InChI is InChI=1S/C30H38N4O7/c1-32(2)18-12-15(13-34-9-5-6-29(34)7-8-29)23(35)20-16(18)10-14-11-17-22(33(3)4)25(37)21(28(31)40)27(39)30(17,41)26(38)19(14)24(20)36/h12,14,17,22,35-36,39,41H,5-11,13H2,1-4H3,(H2,31,40)/t14-,17-,22-,30-/m0/s1. The summed E-state index contributed by atoms with van der Waals surface area (Å²) in [5.41, 5.74) is 4.27. The number of anilines is 1. The van der Waals surface area contributed by atoms with Gasteiger partial charge in [-0.05, 0) is 76.7 Å². The molecule has 4 aliphatic carbocycles. The zero-order valence-electron chi connectivity index (χ0n) is 23.9. The fourth-order valence-electron chi connectivity index (χ4n) is 8.02. The van der Waals surface area contributed by atoms with Crippen molar-refractivity contribution in [2.45, 2.75) is 62.3 Å². The summed E-state index contributed by atoms with van der Waals surface area (Å²) >= 11 is 0. The quantitative estimate of drug-likeness (QED) is 0.326. The number of ketones is 2. The average Bonchev–Trinajstić information content (AvgIpc) is 3.56. The topological polar surface area (TPSA) is 168 Å². The predicted molar refractivity (Wildman–Crippen MR) is 150 cm³/mol. The third kappa shape index (κ3) is 3.71. The highest BCUT2D eigenvalue weighted by Gasteiger charge is 2.64. The summed E-state index contributed by atoms with van der Waals surface area (Å²) in [6.07, 6.45) is 4.82. The van der Waals surface area contributed by atoms with Crippen LogP contribution >= 0.6 is 0 Å². The summed E-state index contributed by atoms with van der Waals surface area (Å²) in [4.78, 5) is 45.4. The lowest BCUT2D eigenvalue weighted by Gasteiger charge is -2.50. The number of likely N-dealkylation sites (tertiary alicyclic amines) is 1. The van der Waals surface area contributed by atoms with E-state index in [1.165, 1.54) is 4.90 Å². The van der Waals surface area contributed by atoms with Gasteiger partial charge in [0.1, 0.15) is 22.8 Å². The van der Waals surface area contributed by atoms with E-state index in [1.807, 2.05) is 25.1 Å². The van der Waals surface area contributed by atoms with Crippen LogP contribution in [0.1, 0.15) is 48.8 Å². The maximum Gasteiger partial charge on any atom is 0.255 e. The third-order valence-electron chi connectivity index (χ3n) is 10.2. The SMILES string of the molecule is CN(C)c1cc(CN2CCCC23CC3)c(O)c2c1C[C@H]1C[C@H]3[C@H](N(C)C)C(=O)C(C(N)=O)=C(O)[C@@]3(O)C(=O)C1=C2O. The number of hydrogen-bond acceptors (Lipinski definition) is 10. The first-order valence-electron chi connectivity index (χ1n) is 14.2. The molecule has 0 unspecified atom stereocenters. The molecular weight excluding hydrogens is 528 g/mol. The smallest absolute Gasteiger partial charge is 0.255 e. The Morgan fingerprint density at radius 3 is 2.39 bits per heavy atom. The minimum Gasteiger partial charge on any atom is -0.508 e. The summed E-state index contributed by atoms with van der Waals surface area (Å²) in [6.45, 7) is 1.43. The normalized spacial score (nSPS) is 30.5. The number of rotatable bonds is 5. The first-order chi connectivity index (χ1) is 19.2. The molecule has 4 atom stereocenters. The van der Waals surface area contributed by atoms with Crippen LogP contribution in [0.5, 0.6) is 5.75 Å². The Bertz CT molecular complexity index is 1460. The molecule has 2 saturated carbocycles. The van der Waals surface area contributed by atoms with Gasteiger partial charge < -0.3 is 31.1 Å². The Morgan fingerprint density at radius 2 is 1.80 bits per heavy atom. The predicted octanol–water partition coefficient (Wildman–Crippen LogP) is 1.16. The van der Waals surface area contributed by atoms with Crippen LogP contribution in [0.3, 0.4) is 0 Å². The Hall–Kier alpha value is -3.41. The second-order valence-electron chi connectivity index (χ2n) is 12.9. The summed E-state index contributed by atoms with van der Waals surface area (Å²) < 4.78 is 0. The van der Waals surface area contributed by atoms with E-state index in [4.69, 9.17) is 5.73 Å². The monoisotopic (exact) mass is 566 g/mol. The molecule has 1 spiro atoms. The van der Waals surface area contributed by atoms with Crippen molar-refractivity contribution >= 4 is 28.9 Å². The molecule has 1 saturated heterocycles. The van der Waals surface area contributed by atoms with Crippen LogP contribution in [0.2, 0.25) is 0 Å². The van der Waals surface area contributed by atoms with Crippen LogP contribution in [0.25, 0.3) is 5.76 Å². The number of aliphatic hydroxyl groups is 3. The molecule has 0 radical (unpaired) electrons. The summed E-state index contributed by atoms with van der Waals surface area (Å²) in [6, 6.07) is 0.842. The van der Waals surface area contributed by atoms with E-state index in [0.717, 1.165) is 37.9 Å². The van der Waals surface area contributed by atoms with Crippen LogP contribution in [0, 0.1) is 11.8 Å². The molecular formula is C30H38N4O7. The van der Waals surface area contributed by atoms with Crippen molar-refractivity contribution in [3.8, 4) is 5.75 Å². The molecule has 0 aromatic heterocycles. The number of amides is 1. The number of nitrogens with zero attached hydrogens (tertiary/aromatic N) is 3. The maximum atomic E-state index is 14.1. The largest absolute Gasteiger partial charge is 0.508 e. The van der Waals surface area contributed by atoms with Crippen LogP contribution in [-0.2, 0) is 27.3 Å². The second-order valence-corrected chi connectivity index (χ2v) is 12.9.